The van der Waals surface area contributed by atoms with Gasteiger partial charge >= 0.3 is 0 Å². The second-order valence-corrected chi connectivity index (χ2v) is 5.34. The number of nitrogens with one attached hydrogen (secondary N) is 1. The van der Waals surface area contributed by atoms with Crippen LogP contribution in [0.4, 0.5) is 0 Å². The van der Waals surface area contributed by atoms with Gasteiger partial charge in [0.1, 0.15) is 5.69 Å². The summed E-state index contributed by atoms with van der Waals surface area (Å²) in [5.74, 6) is 2.20. The monoisotopic (exact) mass is 258 g/mol. The molecule has 1 saturated heterocycles. The van der Waals surface area contributed by atoms with Gasteiger partial charge in [0, 0.05) is 12.1 Å². The Labute approximate surface area is 112 Å². The van der Waals surface area contributed by atoms with Gasteiger partial charge in [-0.15, -0.1) is 0 Å². The van der Waals surface area contributed by atoms with Crippen molar-refractivity contribution in [1.29, 1.82) is 0 Å². The highest BCUT2D eigenvalue weighted by atomic mass is 16.5. The summed E-state index contributed by atoms with van der Waals surface area (Å²) in [5, 5.41) is 7.33. The van der Waals surface area contributed by atoms with Crippen LogP contribution in [0.2, 0.25) is 0 Å². The van der Waals surface area contributed by atoms with Gasteiger partial charge in [0.2, 0.25) is 11.7 Å². The second-order valence-electron chi connectivity index (χ2n) is 5.34. The molecule has 1 unspecified atom stereocenters. The number of rotatable bonds is 3. The number of hydrogen-bond donors (Lipinski definition) is 1. The Morgan fingerprint density at radius 1 is 1.37 bits per heavy atom. The zero-order valence-electron chi connectivity index (χ0n) is 11.5. The van der Waals surface area contributed by atoms with Crippen LogP contribution >= 0.6 is 0 Å². The van der Waals surface area contributed by atoms with E-state index in [1.54, 1.807) is 0 Å². The Hall–Kier alpha value is -1.75. The molecule has 2 aromatic rings. The van der Waals surface area contributed by atoms with Crippen molar-refractivity contribution >= 4 is 0 Å². The summed E-state index contributed by atoms with van der Waals surface area (Å²) in [7, 11) is 0. The van der Waals surface area contributed by atoms with E-state index in [1.165, 1.54) is 0 Å². The normalized spacial score (nSPS) is 17.2. The van der Waals surface area contributed by atoms with E-state index in [2.05, 4.69) is 33.4 Å². The first-order valence-corrected chi connectivity index (χ1v) is 6.63. The predicted octanol–water partition coefficient (Wildman–Crippen LogP) is 2.07. The maximum absolute atomic E-state index is 5.39. The maximum atomic E-state index is 5.39. The Kier molecular flexibility index (Phi) is 3.06. The van der Waals surface area contributed by atoms with Crippen molar-refractivity contribution in [3.05, 3.63) is 29.3 Å². The van der Waals surface area contributed by atoms with Crippen molar-refractivity contribution < 1.29 is 4.52 Å². The van der Waals surface area contributed by atoms with Crippen LogP contribution in [0, 0.1) is 19.8 Å². The van der Waals surface area contributed by atoms with E-state index >= 15 is 0 Å². The summed E-state index contributed by atoms with van der Waals surface area (Å²) in [6.07, 6.45) is 1.83. The first-order chi connectivity index (χ1) is 9.15. The summed E-state index contributed by atoms with van der Waals surface area (Å²) in [6, 6.07) is 2.08. The van der Waals surface area contributed by atoms with Crippen LogP contribution in [0.25, 0.3) is 11.5 Å². The molecule has 19 heavy (non-hydrogen) atoms. The van der Waals surface area contributed by atoms with Crippen LogP contribution in [-0.2, 0) is 0 Å². The molecule has 0 saturated carbocycles. The first kappa shape index (κ1) is 12.3. The Morgan fingerprint density at radius 3 is 2.79 bits per heavy atom. The lowest BCUT2D eigenvalue weighted by molar-refractivity contribution is 0.252. The third kappa shape index (κ3) is 2.26. The van der Waals surface area contributed by atoms with E-state index in [1.807, 2.05) is 20.0 Å². The molecule has 100 valence electrons. The SMILES string of the molecule is Cc1cnc(-c2noc(C(C)C3CNC3)n2)c(C)c1. The molecule has 5 heteroatoms. The van der Waals surface area contributed by atoms with Crippen LogP contribution in [0.5, 0.6) is 0 Å². The predicted molar refractivity (Wildman–Crippen MR) is 71.8 cm³/mol. The molecule has 3 heterocycles. The van der Waals surface area contributed by atoms with Gasteiger partial charge in [-0.05, 0) is 44.0 Å². The van der Waals surface area contributed by atoms with E-state index in [0.717, 1.165) is 29.9 Å². The molecule has 0 aliphatic carbocycles. The van der Waals surface area contributed by atoms with E-state index < -0.39 is 0 Å². The van der Waals surface area contributed by atoms with Crippen molar-refractivity contribution in [1.82, 2.24) is 20.4 Å². The molecule has 3 rings (SSSR count). The van der Waals surface area contributed by atoms with Crippen molar-refractivity contribution in [2.75, 3.05) is 13.1 Å². The molecule has 5 nitrogen and oxygen atoms in total. The molecule has 1 aliphatic rings. The van der Waals surface area contributed by atoms with Gasteiger partial charge in [-0.1, -0.05) is 18.1 Å². The van der Waals surface area contributed by atoms with E-state index in [-0.39, 0.29) is 0 Å². The first-order valence-electron chi connectivity index (χ1n) is 6.63. The number of aromatic nitrogens is 3. The molecule has 1 aliphatic heterocycles. The Bertz CT molecular complexity index is 589. The standard InChI is InChI=1S/C14H18N4O/c1-8-4-9(2)12(16-5-8)13-17-14(19-18-13)10(3)11-6-15-7-11/h4-5,10-11,15H,6-7H2,1-3H3. The van der Waals surface area contributed by atoms with Gasteiger partial charge in [-0.25, -0.2) is 0 Å². The highest BCUT2D eigenvalue weighted by Crippen LogP contribution is 2.27. The molecule has 1 N–H and O–H groups in total. The van der Waals surface area contributed by atoms with Crippen LogP contribution in [0.1, 0.15) is 29.9 Å². The molecule has 1 fully saturated rings. The highest BCUT2D eigenvalue weighted by Gasteiger charge is 2.29. The molecule has 1 atom stereocenters. The molecule has 2 aromatic heterocycles. The zero-order valence-corrected chi connectivity index (χ0v) is 11.5. The number of nitrogens with zero attached hydrogens (tertiary/aromatic N) is 3. The number of pyridine rings is 1. The molecule has 0 bridgehead atoms. The lowest BCUT2D eigenvalue weighted by atomic mass is 9.89. The van der Waals surface area contributed by atoms with Crippen LogP contribution in [-0.4, -0.2) is 28.2 Å². The zero-order chi connectivity index (χ0) is 13.4. The lowest BCUT2D eigenvalue weighted by Gasteiger charge is -2.30. The molecule has 0 amide bonds. The third-order valence-electron chi connectivity index (χ3n) is 3.78. The van der Waals surface area contributed by atoms with Gasteiger partial charge in [-0.3, -0.25) is 4.98 Å². The Morgan fingerprint density at radius 2 is 2.16 bits per heavy atom. The minimum absolute atomic E-state index is 0.299. The minimum Gasteiger partial charge on any atom is -0.339 e. The second kappa shape index (κ2) is 4.74. The molecular weight excluding hydrogens is 240 g/mol. The van der Waals surface area contributed by atoms with Crippen LogP contribution in [0.3, 0.4) is 0 Å². The summed E-state index contributed by atoms with van der Waals surface area (Å²) in [6.45, 7) is 8.24. The largest absolute Gasteiger partial charge is 0.339 e. The fourth-order valence-corrected chi connectivity index (χ4v) is 2.33. The van der Waals surface area contributed by atoms with Crippen molar-refractivity contribution in [2.45, 2.75) is 26.7 Å². The topological polar surface area (TPSA) is 63.8 Å². The Balaban J connectivity index is 1.87. The van der Waals surface area contributed by atoms with E-state index in [4.69, 9.17) is 4.52 Å². The average molecular weight is 258 g/mol. The van der Waals surface area contributed by atoms with E-state index in [9.17, 15) is 0 Å². The minimum atomic E-state index is 0.299. The molecule has 0 radical (unpaired) electrons. The summed E-state index contributed by atoms with van der Waals surface area (Å²) >= 11 is 0. The third-order valence-corrected chi connectivity index (χ3v) is 3.78. The smallest absolute Gasteiger partial charge is 0.230 e. The highest BCUT2D eigenvalue weighted by molar-refractivity contribution is 5.54. The summed E-state index contributed by atoms with van der Waals surface area (Å²) in [5.41, 5.74) is 3.02. The average Bonchev–Trinajstić information content (AvgIpc) is 2.75. The summed E-state index contributed by atoms with van der Waals surface area (Å²) < 4.78 is 5.39. The number of aryl methyl sites for hydroxylation is 2. The van der Waals surface area contributed by atoms with Gasteiger partial charge in [0.25, 0.3) is 0 Å². The molecule has 0 spiro atoms. The number of hydrogen-bond acceptors (Lipinski definition) is 5. The molecule has 0 aromatic carbocycles. The van der Waals surface area contributed by atoms with Crippen LogP contribution in [0.15, 0.2) is 16.8 Å². The van der Waals surface area contributed by atoms with Gasteiger partial charge in [-0.2, -0.15) is 4.98 Å². The lowest BCUT2D eigenvalue weighted by Crippen LogP contribution is -2.44. The fraction of sp³-hybridized carbons (Fsp3) is 0.500. The van der Waals surface area contributed by atoms with Crippen molar-refractivity contribution in [3.63, 3.8) is 0 Å². The van der Waals surface area contributed by atoms with Crippen molar-refractivity contribution in [3.8, 4) is 11.5 Å². The summed E-state index contributed by atoms with van der Waals surface area (Å²) in [4.78, 5) is 8.91. The quantitative estimate of drug-likeness (QED) is 0.913. The maximum Gasteiger partial charge on any atom is 0.230 e. The fourth-order valence-electron chi connectivity index (χ4n) is 2.33. The molecular formula is C14H18N4O. The van der Waals surface area contributed by atoms with E-state index in [0.29, 0.717) is 23.6 Å². The van der Waals surface area contributed by atoms with Gasteiger partial charge < -0.3 is 9.84 Å². The van der Waals surface area contributed by atoms with Gasteiger partial charge in [0.15, 0.2) is 0 Å². The van der Waals surface area contributed by atoms with Crippen molar-refractivity contribution in [2.24, 2.45) is 5.92 Å². The van der Waals surface area contributed by atoms with Crippen LogP contribution < -0.4 is 5.32 Å². The van der Waals surface area contributed by atoms with Gasteiger partial charge in [0.05, 0.1) is 0 Å².